The molecule has 1 N–H and O–H groups in total. The Kier molecular flexibility index (Phi) is 6.83. The number of rotatable bonds is 6. The van der Waals surface area contributed by atoms with Crippen molar-refractivity contribution in [3.63, 3.8) is 0 Å². The summed E-state index contributed by atoms with van der Waals surface area (Å²) in [6.07, 6.45) is 2.65. The third-order valence-corrected chi connectivity index (χ3v) is 6.29. The maximum absolute atomic E-state index is 13.4. The highest BCUT2D eigenvalue weighted by Gasteiger charge is 2.54. The van der Waals surface area contributed by atoms with Crippen molar-refractivity contribution in [3.05, 3.63) is 60.1 Å². The number of piperidine rings is 1. The molecule has 1 spiro atoms. The molecule has 1 unspecified atom stereocenters. The molecular formula is C25H31N3O5. The van der Waals surface area contributed by atoms with Gasteiger partial charge < -0.3 is 19.4 Å². The van der Waals surface area contributed by atoms with Crippen LogP contribution in [0.4, 0.5) is 0 Å². The molecule has 3 amide bonds. The first-order valence-electron chi connectivity index (χ1n) is 11.5. The van der Waals surface area contributed by atoms with Crippen molar-refractivity contribution >= 4 is 17.7 Å². The summed E-state index contributed by atoms with van der Waals surface area (Å²) >= 11 is 0. The SMILES string of the molecule is CC(C)CNC(=O)C1COC2(CCN(C(=O)Cc3ccccc3)CC2)N1C(=O)c1ccco1. The normalized spacial score (nSPS) is 19.8. The number of likely N-dealkylation sites (tertiary alicyclic amines) is 1. The monoisotopic (exact) mass is 453 g/mol. The number of benzene rings is 1. The number of carbonyl (C=O) groups is 3. The van der Waals surface area contributed by atoms with E-state index in [9.17, 15) is 14.4 Å². The number of furan rings is 1. The van der Waals surface area contributed by atoms with Gasteiger partial charge in [-0.1, -0.05) is 44.2 Å². The van der Waals surface area contributed by atoms with Crippen LogP contribution in [-0.2, 0) is 20.7 Å². The van der Waals surface area contributed by atoms with E-state index in [1.54, 1.807) is 17.0 Å². The van der Waals surface area contributed by atoms with Gasteiger partial charge in [-0.3, -0.25) is 19.3 Å². The minimum absolute atomic E-state index is 0.0455. The van der Waals surface area contributed by atoms with Gasteiger partial charge in [-0.2, -0.15) is 0 Å². The summed E-state index contributed by atoms with van der Waals surface area (Å²) in [5.41, 5.74) is 0.0316. The molecule has 8 heteroatoms. The predicted molar refractivity (Wildman–Crippen MR) is 121 cm³/mol. The lowest BCUT2D eigenvalue weighted by molar-refractivity contribution is -0.143. The number of amides is 3. The molecular weight excluding hydrogens is 422 g/mol. The van der Waals surface area contributed by atoms with Gasteiger partial charge in [0.1, 0.15) is 11.8 Å². The lowest BCUT2D eigenvalue weighted by atomic mass is 9.96. The van der Waals surface area contributed by atoms with Crippen LogP contribution in [0.2, 0.25) is 0 Å². The molecule has 2 saturated heterocycles. The van der Waals surface area contributed by atoms with Crippen LogP contribution >= 0.6 is 0 Å². The third kappa shape index (κ3) is 4.95. The summed E-state index contributed by atoms with van der Waals surface area (Å²) < 4.78 is 11.5. The number of nitrogens with zero attached hydrogens (tertiary/aromatic N) is 2. The van der Waals surface area contributed by atoms with Crippen molar-refractivity contribution in [2.24, 2.45) is 5.92 Å². The molecule has 1 aromatic heterocycles. The second-order valence-electron chi connectivity index (χ2n) is 9.11. The standard InChI is InChI=1S/C25H31N3O5/c1-18(2)16-26-23(30)20-17-33-25(28(20)24(31)21-9-6-14-32-21)10-12-27(13-11-25)22(29)15-19-7-4-3-5-8-19/h3-9,14,18,20H,10-13,15-17H2,1-2H3,(H,26,30). The van der Waals surface area contributed by atoms with Gasteiger partial charge in [-0.05, 0) is 23.6 Å². The van der Waals surface area contributed by atoms with E-state index < -0.39 is 11.8 Å². The molecule has 176 valence electrons. The van der Waals surface area contributed by atoms with E-state index >= 15 is 0 Å². The second kappa shape index (κ2) is 9.79. The molecule has 2 aromatic rings. The van der Waals surface area contributed by atoms with Crippen molar-refractivity contribution in [1.29, 1.82) is 0 Å². The van der Waals surface area contributed by atoms with E-state index in [2.05, 4.69) is 5.32 Å². The van der Waals surface area contributed by atoms with Gasteiger partial charge >= 0.3 is 0 Å². The number of ether oxygens (including phenoxy) is 1. The zero-order chi connectivity index (χ0) is 23.4. The summed E-state index contributed by atoms with van der Waals surface area (Å²) in [6.45, 7) is 5.57. The lowest BCUT2D eigenvalue weighted by Crippen LogP contribution is -2.60. The van der Waals surface area contributed by atoms with E-state index in [1.807, 2.05) is 49.1 Å². The van der Waals surface area contributed by atoms with Crippen molar-refractivity contribution in [2.45, 2.75) is 44.9 Å². The van der Waals surface area contributed by atoms with Crippen molar-refractivity contribution in [2.75, 3.05) is 26.2 Å². The molecule has 33 heavy (non-hydrogen) atoms. The highest BCUT2D eigenvalue weighted by atomic mass is 16.5. The van der Waals surface area contributed by atoms with Gasteiger partial charge in [0.25, 0.3) is 5.91 Å². The van der Waals surface area contributed by atoms with Crippen molar-refractivity contribution in [3.8, 4) is 0 Å². The molecule has 0 saturated carbocycles. The Morgan fingerprint density at radius 2 is 1.82 bits per heavy atom. The maximum atomic E-state index is 13.4. The summed E-state index contributed by atoms with van der Waals surface area (Å²) in [7, 11) is 0. The third-order valence-electron chi connectivity index (χ3n) is 6.29. The number of carbonyl (C=O) groups excluding carboxylic acids is 3. The molecule has 0 radical (unpaired) electrons. The van der Waals surface area contributed by atoms with Crippen LogP contribution in [0, 0.1) is 5.92 Å². The Morgan fingerprint density at radius 1 is 1.09 bits per heavy atom. The maximum Gasteiger partial charge on any atom is 0.292 e. The van der Waals surface area contributed by atoms with Gasteiger partial charge in [-0.25, -0.2) is 0 Å². The van der Waals surface area contributed by atoms with Crippen LogP contribution in [-0.4, -0.2) is 65.5 Å². The van der Waals surface area contributed by atoms with Crippen LogP contribution in [0.3, 0.4) is 0 Å². The Balaban J connectivity index is 1.49. The largest absolute Gasteiger partial charge is 0.459 e. The Labute approximate surface area is 193 Å². The average Bonchev–Trinajstić information content (AvgIpc) is 3.47. The number of hydrogen-bond acceptors (Lipinski definition) is 5. The fourth-order valence-electron chi connectivity index (χ4n) is 4.50. The molecule has 2 fully saturated rings. The Bertz CT molecular complexity index is 965. The van der Waals surface area contributed by atoms with E-state index in [1.165, 1.54) is 6.26 Å². The van der Waals surface area contributed by atoms with Crippen molar-refractivity contribution < 1.29 is 23.5 Å². The molecule has 8 nitrogen and oxygen atoms in total. The second-order valence-corrected chi connectivity index (χ2v) is 9.11. The zero-order valence-electron chi connectivity index (χ0n) is 19.2. The lowest BCUT2D eigenvalue weighted by Gasteiger charge is -2.44. The number of nitrogens with one attached hydrogen (secondary N) is 1. The van der Waals surface area contributed by atoms with E-state index in [-0.39, 0.29) is 30.1 Å². The molecule has 0 aliphatic carbocycles. The van der Waals surface area contributed by atoms with Crippen LogP contribution in [0.1, 0.15) is 42.8 Å². The number of hydrogen-bond donors (Lipinski definition) is 1. The summed E-state index contributed by atoms with van der Waals surface area (Å²) in [6, 6.07) is 12.1. The van der Waals surface area contributed by atoms with Gasteiger partial charge in [0.2, 0.25) is 11.8 Å². The summed E-state index contributed by atoms with van der Waals surface area (Å²) in [5, 5.41) is 2.92. The van der Waals surface area contributed by atoms with E-state index in [0.29, 0.717) is 44.8 Å². The first-order chi connectivity index (χ1) is 15.9. The van der Waals surface area contributed by atoms with Crippen LogP contribution in [0.25, 0.3) is 0 Å². The minimum atomic E-state index is -0.937. The van der Waals surface area contributed by atoms with Crippen LogP contribution in [0.5, 0.6) is 0 Å². The molecule has 3 heterocycles. The summed E-state index contributed by atoms with van der Waals surface area (Å²) in [5.74, 6) is -0.0963. The molecule has 4 rings (SSSR count). The van der Waals surface area contributed by atoms with E-state index in [0.717, 1.165) is 5.56 Å². The fraction of sp³-hybridized carbons (Fsp3) is 0.480. The first kappa shape index (κ1) is 23.0. The first-order valence-corrected chi connectivity index (χ1v) is 11.5. The van der Waals surface area contributed by atoms with Gasteiger partial charge in [0.15, 0.2) is 5.76 Å². The van der Waals surface area contributed by atoms with E-state index in [4.69, 9.17) is 9.15 Å². The minimum Gasteiger partial charge on any atom is -0.459 e. The van der Waals surface area contributed by atoms with Gasteiger partial charge in [-0.15, -0.1) is 0 Å². The Hall–Kier alpha value is -3.13. The van der Waals surface area contributed by atoms with Crippen molar-refractivity contribution in [1.82, 2.24) is 15.1 Å². The zero-order valence-corrected chi connectivity index (χ0v) is 19.2. The molecule has 1 atom stereocenters. The predicted octanol–water partition coefficient (Wildman–Crippen LogP) is 2.45. The molecule has 0 bridgehead atoms. The quantitative estimate of drug-likeness (QED) is 0.725. The highest BCUT2D eigenvalue weighted by molar-refractivity contribution is 5.96. The highest BCUT2D eigenvalue weighted by Crippen LogP contribution is 2.38. The van der Waals surface area contributed by atoms with Gasteiger partial charge in [0.05, 0.1) is 19.3 Å². The van der Waals surface area contributed by atoms with Crippen LogP contribution in [0.15, 0.2) is 53.1 Å². The van der Waals surface area contributed by atoms with Crippen LogP contribution < -0.4 is 5.32 Å². The summed E-state index contributed by atoms with van der Waals surface area (Å²) in [4.78, 5) is 42.5. The Morgan fingerprint density at radius 3 is 2.45 bits per heavy atom. The van der Waals surface area contributed by atoms with Gasteiger partial charge in [0, 0.05) is 32.5 Å². The smallest absolute Gasteiger partial charge is 0.292 e. The molecule has 2 aliphatic heterocycles. The average molecular weight is 454 g/mol. The fourth-order valence-corrected chi connectivity index (χ4v) is 4.50. The molecule has 1 aromatic carbocycles. The molecule has 2 aliphatic rings. The topological polar surface area (TPSA) is 92.1 Å².